The molecule has 9 heteroatoms. The third kappa shape index (κ3) is 4.85. The fourth-order valence-electron chi connectivity index (χ4n) is 2.89. The van der Waals surface area contributed by atoms with E-state index in [4.69, 9.17) is 9.15 Å². The van der Waals surface area contributed by atoms with Crippen LogP contribution < -0.4 is 10.6 Å². The fraction of sp³-hybridized carbons (Fsp3) is 0.471. The van der Waals surface area contributed by atoms with Crippen molar-refractivity contribution < 1.29 is 18.7 Å². The second kappa shape index (κ2) is 8.05. The summed E-state index contributed by atoms with van der Waals surface area (Å²) in [4.78, 5) is 26.1. The van der Waals surface area contributed by atoms with Gasteiger partial charge in [-0.05, 0) is 26.0 Å². The highest BCUT2D eigenvalue weighted by Crippen LogP contribution is 2.12. The van der Waals surface area contributed by atoms with Crippen LogP contribution >= 0.6 is 0 Å². The van der Waals surface area contributed by atoms with Crippen LogP contribution in [0.3, 0.4) is 0 Å². The number of furan rings is 1. The molecule has 1 fully saturated rings. The molecule has 0 bridgehead atoms. The molecule has 2 aromatic heterocycles. The van der Waals surface area contributed by atoms with Crippen molar-refractivity contribution in [3.63, 3.8) is 0 Å². The van der Waals surface area contributed by atoms with Gasteiger partial charge < -0.3 is 24.7 Å². The zero-order valence-corrected chi connectivity index (χ0v) is 14.8. The molecule has 1 aliphatic rings. The Bertz CT molecular complexity index is 732. The minimum absolute atomic E-state index is 0.0235. The molecule has 0 unspecified atom stereocenters. The van der Waals surface area contributed by atoms with E-state index in [0.29, 0.717) is 31.1 Å². The molecule has 140 valence electrons. The monoisotopic (exact) mass is 361 g/mol. The van der Waals surface area contributed by atoms with E-state index in [2.05, 4.69) is 15.7 Å². The van der Waals surface area contributed by atoms with Gasteiger partial charge in [0.1, 0.15) is 12.3 Å². The number of ether oxygens (including phenoxy) is 1. The van der Waals surface area contributed by atoms with Gasteiger partial charge in [0.25, 0.3) is 0 Å². The predicted molar refractivity (Wildman–Crippen MR) is 93.4 cm³/mol. The van der Waals surface area contributed by atoms with Gasteiger partial charge in [-0.15, -0.1) is 0 Å². The number of amides is 3. The molecule has 0 radical (unpaired) electrons. The second-order valence-corrected chi connectivity index (χ2v) is 6.37. The van der Waals surface area contributed by atoms with Crippen molar-refractivity contribution in [2.24, 2.45) is 0 Å². The van der Waals surface area contributed by atoms with Gasteiger partial charge in [0, 0.05) is 19.3 Å². The van der Waals surface area contributed by atoms with Crippen LogP contribution in [0, 0.1) is 0 Å². The van der Waals surface area contributed by atoms with Gasteiger partial charge in [0.05, 0.1) is 36.9 Å². The lowest BCUT2D eigenvalue weighted by molar-refractivity contribution is -0.144. The van der Waals surface area contributed by atoms with Crippen LogP contribution in [0.1, 0.15) is 19.6 Å². The zero-order chi connectivity index (χ0) is 18.5. The highest BCUT2D eigenvalue weighted by Gasteiger charge is 2.26. The van der Waals surface area contributed by atoms with Gasteiger partial charge in [0.2, 0.25) is 5.91 Å². The molecule has 3 heterocycles. The van der Waals surface area contributed by atoms with Crippen LogP contribution in [0.5, 0.6) is 0 Å². The number of carbonyl (C=O) groups is 2. The van der Waals surface area contributed by atoms with Gasteiger partial charge in [0.15, 0.2) is 0 Å². The lowest BCUT2D eigenvalue weighted by Gasteiger charge is -2.35. The Balaban J connectivity index is 1.48. The summed E-state index contributed by atoms with van der Waals surface area (Å²) < 4.78 is 12.3. The standard InChI is InChI=1S/C17H23N5O4/c1-12-8-21(9-13(2)26-12)16(23)11-22-10-14(6-19-22)20-17(24)18-7-15-4-3-5-25-15/h3-6,10,12-13H,7-9,11H2,1-2H3,(H2,18,20,24)/t12-,13-/m0/s1. The average Bonchev–Trinajstić information content (AvgIpc) is 3.24. The number of aromatic nitrogens is 2. The minimum atomic E-state index is -0.372. The van der Waals surface area contributed by atoms with E-state index < -0.39 is 0 Å². The van der Waals surface area contributed by atoms with Crippen LogP contribution in [-0.4, -0.2) is 51.9 Å². The number of anilines is 1. The quantitative estimate of drug-likeness (QED) is 0.839. The number of urea groups is 1. The summed E-state index contributed by atoms with van der Waals surface area (Å²) in [6.45, 7) is 5.46. The molecule has 2 N–H and O–H groups in total. The summed E-state index contributed by atoms with van der Waals surface area (Å²) in [5.41, 5.74) is 0.512. The molecule has 0 aliphatic carbocycles. The van der Waals surface area contributed by atoms with Crippen LogP contribution in [0.25, 0.3) is 0 Å². The van der Waals surface area contributed by atoms with E-state index >= 15 is 0 Å². The molecule has 0 aromatic carbocycles. The zero-order valence-electron chi connectivity index (χ0n) is 14.8. The van der Waals surface area contributed by atoms with E-state index in [9.17, 15) is 9.59 Å². The van der Waals surface area contributed by atoms with E-state index in [-0.39, 0.29) is 30.7 Å². The molecule has 9 nitrogen and oxygen atoms in total. The molecule has 26 heavy (non-hydrogen) atoms. The predicted octanol–water partition coefficient (Wildman–Crippen LogP) is 1.43. The summed E-state index contributed by atoms with van der Waals surface area (Å²) in [6, 6.07) is 3.16. The molecule has 1 saturated heterocycles. The summed E-state index contributed by atoms with van der Waals surface area (Å²) in [7, 11) is 0. The number of nitrogens with one attached hydrogen (secondary N) is 2. The fourth-order valence-corrected chi connectivity index (χ4v) is 2.89. The molecule has 1 aliphatic heterocycles. The van der Waals surface area contributed by atoms with Gasteiger partial charge in [-0.1, -0.05) is 0 Å². The number of hydrogen-bond donors (Lipinski definition) is 2. The first-order valence-corrected chi connectivity index (χ1v) is 8.52. The van der Waals surface area contributed by atoms with Crippen molar-refractivity contribution in [3.05, 3.63) is 36.5 Å². The maximum Gasteiger partial charge on any atom is 0.319 e. The molecular weight excluding hydrogens is 338 g/mol. The summed E-state index contributed by atoms with van der Waals surface area (Å²) in [5.74, 6) is 0.638. The Morgan fingerprint density at radius 3 is 2.77 bits per heavy atom. The molecule has 2 aromatic rings. The van der Waals surface area contributed by atoms with E-state index in [0.717, 1.165) is 0 Å². The number of hydrogen-bond acceptors (Lipinski definition) is 5. The molecule has 2 atom stereocenters. The summed E-state index contributed by atoms with van der Waals surface area (Å²) in [5, 5.41) is 9.48. The van der Waals surface area contributed by atoms with Crippen LogP contribution in [0.2, 0.25) is 0 Å². The van der Waals surface area contributed by atoms with Gasteiger partial charge >= 0.3 is 6.03 Å². The van der Waals surface area contributed by atoms with Gasteiger partial charge in [-0.25, -0.2) is 4.79 Å². The van der Waals surface area contributed by atoms with Gasteiger partial charge in [-0.2, -0.15) is 5.10 Å². The van der Waals surface area contributed by atoms with Gasteiger partial charge in [-0.3, -0.25) is 9.48 Å². The second-order valence-electron chi connectivity index (χ2n) is 6.37. The maximum atomic E-state index is 12.4. The van der Waals surface area contributed by atoms with E-state index in [1.54, 1.807) is 29.5 Å². The third-order valence-corrected chi connectivity index (χ3v) is 3.96. The minimum Gasteiger partial charge on any atom is -0.467 e. The molecule has 3 rings (SSSR count). The number of carbonyl (C=O) groups excluding carboxylic acids is 2. The lowest BCUT2D eigenvalue weighted by Crippen LogP contribution is -2.49. The Morgan fingerprint density at radius 2 is 2.08 bits per heavy atom. The first-order chi connectivity index (χ1) is 12.5. The summed E-state index contributed by atoms with van der Waals surface area (Å²) in [6.07, 6.45) is 4.72. The Morgan fingerprint density at radius 1 is 1.31 bits per heavy atom. The smallest absolute Gasteiger partial charge is 0.319 e. The highest BCUT2D eigenvalue weighted by atomic mass is 16.5. The Labute approximate surface area is 151 Å². The third-order valence-electron chi connectivity index (χ3n) is 3.96. The van der Waals surface area contributed by atoms with Crippen molar-refractivity contribution in [2.75, 3.05) is 18.4 Å². The van der Waals surface area contributed by atoms with Crippen LogP contribution in [0.15, 0.2) is 35.2 Å². The molecule has 0 spiro atoms. The Kier molecular flexibility index (Phi) is 5.57. The Hall–Kier alpha value is -2.81. The molecular formula is C17H23N5O4. The highest BCUT2D eigenvalue weighted by molar-refractivity contribution is 5.88. The first-order valence-electron chi connectivity index (χ1n) is 8.52. The topological polar surface area (TPSA) is 102 Å². The van der Waals surface area contributed by atoms with Crippen molar-refractivity contribution in [2.45, 2.75) is 39.1 Å². The average molecular weight is 361 g/mol. The van der Waals surface area contributed by atoms with Crippen molar-refractivity contribution >= 4 is 17.6 Å². The number of morpholine rings is 1. The van der Waals surface area contributed by atoms with Crippen molar-refractivity contribution in [3.8, 4) is 0 Å². The number of rotatable bonds is 5. The lowest BCUT2D eigenvalue weighted by atomic mass is 10.2. The van der Waals surface area contributed by atoms with Crippen molar-refractivity contribution in [1.82, 2.24) is 20.0 Å². The molecule has 3 amide bonds. The van der Waals surface area contributed by atoms with Crippen LogP contribution in [-0.2, 0) is 22.6 Å². The summed E-state index contributed by atoms with van der Waals surface area (Å²) >= 11 is 0. The maximum absolute atomic E-state index is 12.4. The van der Waals surface area contributed by atoms with E-state index in [1.165, 1.54) is 10.9 Å². The SMILES string of the molecule is C[C@H]1CN(C(=O)Cn2cc(NC(=O)NCc3ccco3)cn2)C[C@H](C)O1. The first kappa shape index (κ1) is 18.0. The number of nitrogens with zero attached hydrogens (tertiary/aromatic N) is 3. The normalized spacial score (nSPS) is 20.0. The van der Waals surface area contributed by atoms with Crippen molar-refractivity contribution in [1.29, 1.82) is 0 Å². The largest absolute Gasteiger partial charge is 0.467 e. The van der Waals surface area contributed by atoms with Crippen LogP contribution in [0.4, 0.5) is 10.5 Å². The molecule has 0 saturated carbocycles. The van der Waals surface area contributed by atoms with E-state index in [1.807, 2.05) is 13.8 Å².